The van der Waals surface area contributed by atoms with Crippen molar-refractivity contribution in [3.05, 3.63) is 44.7 Å². The van der Waals surface area contributed by atoms with Crippen molar-refractivity contribution in [3.8, 4) is 0 Å². The van der Waals surface area contributed by atoms with Gasteiger partial charge in [0, 0.05) is 6.20 Å². The summed E-state index contributed by atoms with van der Waals surface area (Å²) in [6, 6.07) is 2.74. The van der Waals surface area contributed by atoms with Gasteiger partial charge in [0.05, 0.1) is 5.69 Å². The zero-order valence-corrected chi connectivity index (χ0v) is 8.88. The highest BCUT2D eigenvalue weighted by Gasteiger charge is 2.06. The van der Waals surface area contributed by atoms with E-state index in [0.29, 0.717) is 15.8 Å². The van der Waals surface area contributed by atoms with Crippen molar-refractivity contribution in [1.29, 1.82) is 0 Å². The Balaban J connectivity index is 2.99. The minimum atomic E-state index is -0.461. The molecule has 2 heterocycles. The fraction of sp³-hybridized carbons (Fsp3) is 0.111. The molecule has 5 heteroatoms. The third kappa shape index (κ3) is 1.33. The van der Waals surface area contributed by atoms with Crippen LogP contribution in [0.15, 0.2) is 27.6 Å². The number of pyridine rings is 1. The summed E-state index contributed by atoms with van der Waals surface area (Å²) in [5.41, 5.74) is 0.741. The number of halogens is 2. The number of aromatic nitrogens is 2. The van der Waals surface area contributed by atoms with E-state index in [9.17, 15) is 9.18 Å². The van der Waals surface area contributed by atoms with Crippen molar-refractivity contribution in [2.24, 2.45) is 0 Å². The zero-order valence-electron chi connectivity index (χ0n) is 7.29. The highest BCUT2D eigenvalue weighted by Crippen LogP contribution is 2.09. The van der Waals surface area contributed by atoms with Crippen LogP contribution < -0.4 is 5.56 Å². The Labute approximate surface area is 87.3 Å². The monoisotopic (exact) mass is 256 g/mol. The maximum Gasteiger partial charge on any atom is 0.272 e. The summed E-state index contributed by atoms with van der Waals surface area (Å²) in [6.45, 7) is 1.72. The number of fused-ring (bicyclic) bond motifs is 1. The lowest BCUT2D eigenvalue weighted by Crippen LogP contribution is -2.17. The Bertz CT molecular complexity index is 564. The molecule has 0 aliphatic heterocycles. The van der Waals surface area contributed by atoms with Gasteiger partial charge in [-0.3, -0.25) is 9.20 Å². The standard InChI is InChI=1S/C9H6BrFN2O/c1-5-8(10)9(14)13-4-6(11)2-3-7(13)12-5/h2-4H,1H3. The Morgan fingerprint density at radius 2 is 2.21 bits per heavy atom. The van der Waals surface area contributed by atoms with E-state index in [1.807, 2.05) is 0 Å². The van der Waals surface area contributed by atoms with Crippen LogP contribution in [-0.2, 0) is 0 Å². The molecule has 0 amide bonds. The smallest absolute Gasteiger partial charge is 0.268 e. The lowest BCUT2D eigenvalue weighted by atomic mass is 10.4. The molecule has 72 valence electrons. The van der Waals surface area contributed by atoms with Gasteiger partial charge in [-0.2, -0.15) is 0 Å². The lowest BCUT2D eigenvalue weighted by Gasteiger charge is -2.02. The molecule has 2 aromatic heterocycles. The molecule has 0 aliphatic carbocycles. The predicted octanol–water partition coefficient (Wildman–Crippen LogP) is 1.90. The van der Waals surface area contributed by atoms with Crippen LogP contribution in [0.1, 0.15) is 5.69 Å². The first-order chi connectivity index (χ1) is 6.59. The molecule has 0 radical (unpaired) electrons. The molecule has 0 N–H and O–H groups in total. The Hall–Kier alpha value is -1.23. The quantitative estimate of drug-likeness (QED) is 0.722. The first-order valence-corrected chi connectivity index (χ1v) is 4.73. The van der Waals surface area contributed by atoms with Gasteiger partial charge in [-0.05, 0) is 35.0 Å². The Kier molecular flexibility index (Phi) is 2.11. The van der Waals surface area contributed by atoms with Crippen molar-refractivity contribution >= 4 is 21.6 Å². The summed E-state index contributed by atoms with van der Waals surface area (Å²) in [6.07, 6.45) is 1.12. The van der Waals surface area contributed by atoms with Gasteiger partial charge < -0.3 is 0 Å². The van der Waals surface area contributed by atoms with Crippen molar-refractivity contribution < 1.29 is 4.39 Å². The van der Waals surface area contributed by atoms with Crippen molar-refractivity contribution in [2.75, 3.05) is 0 Å². The number of nitrogens with zero attached hydrogens (tertiary/aromatic N) is 2. The molecule has 0 atom stereocenters. The van der Waals surface area contributed by atoms with E-state index in [1.165, 1.54) is 16.5 Å². The molecule has 0 saturated carbocycles. The Morgan fingerprint density at radius 3 is 2.93 bits per heavy atom. The molecular formula is C9H6BrFN2O. The molecule has 0 spiro atoms. The molecule has 0 unspecified atom stereocenters. The van der Waals surface area contributed by atoms with Crippen LogP contribution in [0, 0.1) is 12.7 Å². The highest BCUT2D eigenvalue weighted by molar-refractivity contribution is 9.10. The third-order valence-corrected chi connectivity index (χ3v) is 2.81. The summed E-state index contributed by atoms with van der Waals surface area (Å²) >= 11 is 3.11. The average molecular weight is 257 g/mol. The second kappa shape index (κ2) is 3.16. The van der Waals surface area contributed by atoms with Crippen LogP contribution in [0.3, 0.4) is 0 Å². The molecule has 0 aromatic carbocycles. The van der Waals surface area contributed by atoms with E-state index in [2.05, 4.69) is 20.9 Å². The third-order valence-electron chi connectivity index (χ3n) is 1.90. The van der Waals surface area contributed by atoms with Crippen LogP contribution in [0.5, 0.6) is 0 Å². The van der Waals surface area contributed by atoms with Crippen LogP contribution in [0.2, 0.25) is 0 Å². The first-order valence-electron chi connectivity index (χ1n) is 3.93. The largest absolute Gasteiger partial charge is 0.272 e. The fourth-order valence-electron chi connectivity index (χ4n) is 1.20. The van der Waals surface area contributed by atoms with E-state index in [1.54, 1.807) is 6.92 Å². The van der Waals surface area contributed by atoms with Crippen molar-refractivity contribution in [3.63, 3.8) is 0 Å². The van der Waals surface area contributed by atoms with Gasteiger partial charge in [0.1, 0.15) is 15.9 Å². The van der Waals surface area contributed by atoms with Gasteiger partial charge in [0.15, 0.2) is 0 Å². The predicted molar refractivity (Wildman–Crippen MR) is 53.9 cm³/mol. The number of rotatable bonds is 0. The summed E-state index contributed by atoms with van der Waals surface area (Å²) in [7, 11) is 0. The summed E-state index contributed by atoms with van der Waals surface area (Å²) in [5, 5.41) is 0. The lowest BCUT2D eigenvalue weighted by molar-refractivity contribution is 0.617. The summed E-state index contributed by atoms with van der Waals surface area (Å²) < 4.78 is 14.4. The minimum Gasteiger partial charge on any atom is -0.268 e. The maximum absolute atomic E-state index is 12.8. The molecular weight excluding hydrogens is 251 g/mol. The van der Waals surface area contributed by atoms with Gasteiger partial charge in [0.25, 0.3) is 5.56 Å². The van der Waals surface area contributed by atoms with Crippen LogP contribution >= 0.6 is 15.9 Å². The van der Waals surface area contributed by atoms with E-state index >= 15 is 0 Å². The van der Waals surface area contributed by atoms with Crippen LogP contribution in [0.25, 0.3) is 5.65 Å². The van der Waals surface area contributed by atoms with Crippen molar-refractivity contribution in [1.82, 2.24) is 9.38 Å². The number of hydrogen-bond donors (Lipinski definition) is 0. The average Bonchev–Trinajstić information content (AvgIpc) is 2.16. The molecule has 2 rings (SSSR count). The topological polar surface area (TPSA) is 34.4 Å². The van der Waals surface area contributed by atoms with Crippen LogP contribution in [-0.4, -0.2) is 9.38 Å². The molecule has 0 fully saturated rings. The molecule has 0 saturated heterocycles. The van der Waals surface area contributed by atoms with Gasteiger partial charge in [0.2, 0.25) is 0 Å². The van der Waals surface area contributed by atoms with E-state index in [-0.39, 0.29) is 5.56 Å². The molecule has 3 nitrogen and oxygen atoms in total. The van der Waals surface area contributed by atoms with Gasteiger partial charge in [-0.25, -0.2) is 9.37 Å². The van der Waals surface area contributed by atoms with Crippen LogP contribution in [0.4, 0.5) is 4.39 Å². The summed E-state index contributed by atoms with van der Waals surface area (Å²) in [5.74, 6) is -0.461. The SMILES string of the molecule is Cc1nc2ccc(F)cn2c(=O)c1Br. The fourth-order valence-corrected chi connectivity index (χ4v) is 1.48. The zero-order chi connectivity index (χ0) is 10.3. The number of hydrogen-bond acceptors (Lipinski definition) is 2. The summed E-state index contributed by atoms with van der Waals surface area (Å²) in [4.78, 5) is 15.7. The van der Waals surface area contributed by atoms with Crippen molar-refractivity contribution in [2.45, 2.75) is 6.92 Å². The highest BCUT2D eigenvalue weighted by atomic mass is 79.9. The molecule has 14 heavy (non-hydrogen) atoms. The van der Waals surface area contributed by atoms with Gasteiger partial charge in [-0.1, -0.05) is 0 Å². The molecule has 0 aliphatic rings. The van der Waals surface area contributed by atoms with E-state index in [0.717, 1.165) is 6.20 Å². The minimum absolute atomic E-state index is 0.299. The van der Waals surface area contributed by atoms with E-state index < -0.39 is 5.82 Å². The van der Waals surface area contributed by atoms with E-state index in [4.69, 9.17) is 0 Å². The normalized spacial score (nSPS) is 10.8. The Morgan fingerprint density at radius 1 is 1.50 bits per heavy atom. The second-order valence-electron chi connectivity index (χ2n) is 2.89. The number of aryl methyl sites for hydroxylation is 1. The molecule has 0 bridgehead atoms. The maximum atomic E-state index is 12.8. The van der Waals surface area contributed by atoms with Gasteiger partial charge in [-0.15, -0.1) is 0 Å². The van der Waals surface area contributed by atoms with Gasteiger partial charge >= 0.3 is 0 Å². The molecule has 2 aromatic rings. The first kappa shape index (κ1) is 9.33. The second-order valence-corrected chi connectivity index (χ2v) is 3.68.